The Morgan fingerprint density at radius 1 is 0.696 bits per heavy atom. The molecule has 23 heavy (non-hydrogen) atoms. The summed E-state index contributed by atoms with van der Waals surface area (Å²) >= 11 is 0. The molecule has 0 spiro atoms. The summed E-state index contributed by atoms with van der Waals surface area (Å²) in [5, 5.41) is 1.21. The molecule has 0 saturated carbocycles. The van der Waals surface area contributed by atoms with E-state index in [1.807, 2.05) is 42.6 Å². The van der Waals surface area contributed by atoms with Gasteiger partial charge >= 0.3 is 0 Å². The number of rotatable bonds is 3. The van der Waals surface area contributed by atoms with Gasteiger partial charge in [0.2, 0.25) is 0 Å². The molecule has 0 atom stereocenters. The molecule has 0 radical (unpaired) electrons. The first kappa shape index (κ1) is 13.5. The molecule has 0 saturated heterocycles. The molecule has 0 unspecified atom stereocenters. The van der Waals surface area contributed by atoms with Crippen molar-refractivity contribution in [2.75, 3.05) is 0 Å². The van der Waals surface area contributed by atoms with Gasteiger partial charge in [-0.3, -0.25) is 4.99 Å². The van der Waals surface area contributed by atoms with E-state index in [0.717, 1.165) is 16.9 Å². The number of fused-ring (bicyclic) bond motifs is 1. The van der Waals surface area contributed by atoms with Crippen molar-refractivity contribution in [3.05, 3.63) is 96.7 Å². The van der Waals surface area contributed by atoms with Crippen molar-refractivity contribution in [3.63, 3.8) is 0 Å². The van der Waals surface area contributed by atoms with Crippen molar-refractivity contribution >= 4 is 22.8 Å². The van der Waals surface area contributed by atoms with E-state index in [0.29, 0.717) is 0 Å². The summed E-state index contributed by atoms with van der Waals surface area (Å²) in [6, 6.07) is 28.8. The van der Waals surface area contributed by atoms with E-state index in [9.17, 15) is 0 Å². The Morgan fingerprint density at radius 3 is 2.22 bits per heavy atom. The molecule has 3 aromatic carbocycles. The molecule has 2 nitrogen and oxygen atoms in total. The molecule has 0 fully saturated rings. The predicted octanol–water partition coefficient (Wildman–Crippen LogP) is 5.38. The number of aliphatic imine (C=N–C) groups is 1. The normalized spacial score (nSPS) is 11.3. The maximum absolute atomic E-state index is 4.60. The van der Waals surface area contributed by atoms with E-state index in [2.05, 4.69) is 64.3 Å². The second kappa shape index (κ2) is 5.93. The standard InChI is InChI=1S/C21H16N2/c1-3-10-19(11-4-1)22-16-18-9-7-8-17-14-15-23(21(17)18)20-12-5-2-6-13-20/h1-16H. The summed E-state index contributed by atoms with van der Waals surface area (Å²) in [6.07, 6.45) is 4.05. The zero-order valence-electron chi connectivity index (χ0n) is 12.6. The monoisotopic (exact) mass is 296 g/mol. The Balaban J connectivity index is 1.84. The first-order valence-corrected chi connectivity index (χ1v) is 7.66. The van der Waals surface area contributed by atoms with Crippen molar-refractivity contribution in [2.45, 2.75) is 0 Å². The Morgan fingerprint density at radius 2 is 1.43 bits per heavy atom. The molecule has 1 aromatic heterocycles. The fraction of sp³-hybridized carbons (Fsp3) is 0. The number of nitrogens with zero attached hydrogens (tertiary/aromatic N) is 2. The topological polar surface area (TPSA) is 17.3 Å². The molecule has 0 aliphatic heterocycles. The van der Waals surface area contributed by atoms with Gasteiger partial charge in [-0.05, 0) is 30.3 Å². The predicted molar refractivity (Wildman–Crippen MR) is 97.0 cm³/mol. The summed E-state index contributed by atoms with van der Waals surface area (Å²) in [5.41, 5.74) is 4.41. The molecule has 0 aliphatic rings. The number of hydrogen-bond acceptors (Lipinski definition) is 1. The molecule has 0 N–H and O–H groups in total. The van der Waals surface area contributed by atoms with Crippen LogP contribution in [0.3, 0.4) is 0 Å². The lowest BCUT2D eigenvalue weighted by Crippen LogP contribution is -1.94. The number of aromatic nitrogens is 1. The molecular formula is C21H16N2. The second-order valence-corrected chi connectivity index (χ2v) is 5.40. The van der Waals surface area contributed by atoms with E-state index in [1.54, 1.807) is 0 Å². The summed E-state index contributed by atoms with van der Waals surface area (Å²) < 4.78 is 2.21. The van der Waals surface area contributed by atoms with Crippen LogP contribution in [0.1, 0.15) is 5.56 Å². The quantitative estimate of drug-likeness (QED) is 0.452. The molecule has 0 aliphatic carbocycles. The lowest BCUT2D eigenvalue weighted by molar-refractivity contribution is 1.13. The van der Waals surface area contributed by atoms with Gasteiger partial charge in [-0.25, -0.2) is 0 Å². The third kappa shape index (κ3) is 2.67. The highest BCUT2D eigenvalue weighted by Crippen LogP contribution is 2.23. The second-order valence-electron chi connectivity index (χ2n) is 5.40. The van der Waals surface area contributed by atoms with Gasteiger partial charge in [0.25, 0.3) is 0 Å². The van der Waals surface area contributed by atoms with E-state index in [-0.39, 0.29) is 0 Å². The van der Waals surface area contributed by atoms with E-state index in [1.165, 1.54) is 10.9 Å². The zero-order chi connectivity index (χ0) is 15.5. The lowest BCUT2D eigenvalue weighted by Gasteiger charge is -2.07. The van der Waals surface area contributed by atoms with E-state index in [4.69, 9.17) is 0 Å². The Hall–Kier alpha value is -3.13. The fourth-order valence-electron chi connectivity index (χ4n) is 2.79. The smallest absolute Gasteiger partial charge is 0.0629 e. The van der Waals surface area contributed by atoms with Crippen LogP contribution < -0.4 is 0 Å². The molecule has 0 bridgehead atoms. The van der Waals surface area contributed by atoms with Crippen molar-refractivity contribution < 1.29 is 0 Å². The van der Waals surface area contributed by atoms with Gasteiger partial charge in [-0.15, -0.1) is 0 Å². The minimum absolute atomic E-state index is 0.960. The largest absolute Gasteiger partial charge is 0.316 e. The summed E-state index contributed by atoms with van der Waals surface area (Å²) in [6.45, 7) is 0. The highest BCUT2D eigenvalue weighted by Gasteiger charge is 2.06. The van der Waals surface area contributed by atoms with Crippen LogP contribution in [-0.2, 0) is 0 Å². The van der Waals surface area contributed by atoms with Gasteiger partial charge in [0.1, 0.15) is 0 Å². The summed E-state index contributed by atoms with van der Waals surface area (Å²) in [7, 11) is 0. The molecule has 2 heteroatoms. The minimum atomic E-state index is 0.960. The average Bonchev–Trinajstić information content (AvgIpc) is 3.06. The Kier molecular flexibility index (Phi) is 3.49. The summed E-state index contributed by atoms with van der Waals surface area (Å²) in [4.78, 5) is 4.60. The third-order valence-corrected chi connectivity index (χ3v) is 3.89. The molecule has 4 rings (SSSR count). The molecule has 4 aromatic rings. The van der Waals surface area contributed by atoms with Crippen molar-refractivity contribution in [3.8, 4) is 5.69 Å². The first-order valence-electron chi connectivity index (χ1n) is 7.66. The lowest BCUT2D eigenvalue weighted by atomic mass is 10.1. The Labute approximate surface area is 135 Å². The SMILES string of the molecule is C(=Nc1ccccc1)c1cccc2ccn(-c3ccccc3)c12. The Bertz CT molecular complexity index is 951. The zero-order valence-corrected chi connectivity index (χ0v) is 12.6. The molecule has 1 heterocycles. The van der Waals surface area contributed by atoms with Gasteiger partial charge in [-0.2, -0.15) is 0 Å². The van der Waals surface area contributed by atoms with Gasteiger partial charge in [0.15, 0.2) is 0 Å². The van der Waals surface area contributed by atoms with E-state index >= 15 is 0 Å². The van der Waals surface area contributed by atoms with Gasteiger partial charge in [-0.1, -0.05) is 54.6 Å². The highest BCUT2D eigenvalue weighted by molar-refractivity contribution is 5.99. The van der Waals surface area contributed by atoms with Gasteiger partial charge < -0.3 is 4.57 Å². The van der Waals surface area contributed by atoms with Crippen LogP contribution in [0.25, 0.3) is 16.6 Å². The molecule has 0 amide bonds. The minimum Gasteiger partial charge on any atom is -0.316 e. The van der Waals surface area contributed by atoms with Crippen LogP contribution in [0.15, 0.2) is 96.1 Å². The fourth-order valence-corrected chi connectivity index (χ4v) is 2.79. The van der Waals surface area contributed by atoms with Gasteiger partial charge in [0.05, 0.1) is 11.2 Å². The van der Waals surface area contributed by atoms with Crippen LogP contribution in [-0.4, -0.2) is 10.8 Å². The van der Waals surface area contributed by atoms with Crippen molar-refractivity contribution in [1.29, 1.82) is 0 Å². The van der Waals surface area contributed by atoms with Gasteiger partial charge in [0, 0.05) is 29.0 Å². The van der Waals surface area contributed by atoms with Crippen LogP contribution in [0, 0.1) is 0 Å². The van der Waals surface area contributed by atoms with Crippen LogP contribution in [0.2, 0.25) is 0 Å². The van der Waals surface area contributed by atoms with Crippen molar-refractivity contribution in [2.24, 2.45) is 4.99 Å². The number of hydrogen-bond donors (Lipinski definition) is 0. The molecule has 110 valence electrons. The van der Waals surface area contributed by atoms with E-state index < -0.39 is 0 Å². The maximum atomic E-state index is 4.60. The van der Waals surface area contributed by atoms with Crippen LogP contribution >= 0.6 is 0 Å². The van der Waals surface area contributed by atoms with Crippen LogP contribution in [0.4, 0.5) is 5.69 Å². The molecular weight excluding hydrogens is 280 g/mol. The highest BCUT2D eigenvalue weighted by atomic mass is 15.0. The maximum Gasteiger partial charge on any atom is 0.0629 e. The number of para-hydroxylation sites is 3. The summed E-state index contributed by atoms with van der Waals surface area (Å²) in [5.74, 6) is 0. The average molecular weight is 296 g/mol. The van der Waals surface area contributed by atoms with Crippen molar-refractivity contribution in [1.82, 2.24) is 4.57 Å². The number of benzene rings is 3. The van der Waals surface area contributed by atoms with Crippen LogP contribution in [0.5, 0.6) is 0 Å². The third-order valence-electron chi connectivity index (χ3n) is 3.89. The first-order chi connectivity index (χ1) is 11.4.